The fourth-order valence-electron chi connectivity index (χ4n) is 3.76. The third kappa shape index (κ3) is 7.22. The van der Waals surface area contributed by atoms with Crippen LogP contribution in [0.4, 0.5) is 0 Å². The summed E-state index contributed by atoms with van der Waals surface area (Å²) in [5.41, 5.74) is 0.658. The Morgan fingerprint density at radius 2 is 1.31 bits per heavy atom. The van der Waals surface area contributed by atoms with Crippen molar-refractivity contribution in [3.63, 3.8) is 0 Å². The van der Waals surface area contributed by atoms with Gasteiger partial charge in [-0.25, -0.2) is 9.59 Å². The third-order valence-corrected chi connectivity index (χ3v) is 7.45. The molecule has 0 saturated carbocycles. The second-order valence-corrected chi connectivity index (χ2v) is 9.89. The van der Waals surface area contributed by atoms with Gasteiger partial charge in [-0.15, -0.1) is 0 Å². The van der Waals surface area contributed by atoms with E-state index < -0.39 is 44.1 Å². The number of carbonyl (C=O) groups excluding carboxylic acids is 2. The van der Waals surface area contributed by atoms with Crippen molar-refractivity contribution >= 4 is 19.5 Å². The van der Waals surface area contributed by atoms with Crippen molar-refractivity contribution in [2.24, 2.45) is 0 Å². The molecule has 3 rings (SSSR count). The molecular weight excluding hydrogens is 475 g/mol. The number of rotatable bonds is 12. The molecule has 0 aliphatic carbocycles. The van der Waals surface area contributed by atoms with E-state index in [2.05, 4.69) is 0 Å². The van der Waals surface area contributed by atoms with Crippen LogP contribution in [0.25, 0.3) is 0 Å². The van der Waals surface area contributed by atoms with Gasteiger partial charge in [0.05, 0.1) is 30.5 Å². The average Bonchev–Trinajstić information content (AvgIpc) is 3.20. The van der Waals surface area contributed by atoms with Crippen LogP contribution in [0, 0.1) is 0 Å². The van der Waals surface area contributed by atoms with E-state index in [0.717, 1.165) is 0 Å². The predicted octanol–water partition coefficient (Wildman–Crippen LogP) is 4.47. The summed E-state index contributed by atoms with van der Waals surface area (Å²) in [6, 6.07) is 16.9. The molecular formula is C25H31O9P. The zero-order valence-electron chi connectivity index (χ0n) is 20.0. The minimum atomic E-state index is -3.38. The number of ether oxygens (including phenoxy) is 4. The molecule has 4 atom stereocenters. The molecule has 0 N–H and O–H groups in total. The molecule has 35 heavy (non-hydrogen) atoms. The second-order valence-electron chi connectivity index (χ2n) is 7.71. The van der Waals surface area contributed by atoms with Crippen molar-refractivity contribution in [2.75, 3.05) is 26.5 Å². The van der Waals surface area contributed by atoms with E-state index in [1.807, 2.05) is 0 Å². The molecule has 1 aliphatic heterocycles. The number of benzene rings is 2. The van der Waals surface area contributed by atoms with Gasteiger partial charge in [0.25, 0.3) is 0 Å². The molecule has 1 heterocycles. The minimum Gasteiger partial charge on any atom is -0.452 e. The quantitative estimate of drug-likeness (QED) is 0.305. The standard InChI is InChI=1S/C25H31O9P/c1-4-30-35(28,31-5-2)17-16-20-21(33-23(26)18-12-8-6-9-13-18)22(25(29-3)32-20)34-24(27)19-14-10-7-11-15-19/h6-15,20-22,25H,4-5,16-17H2,1-3H3/t20-,21-,22-,25?/m1/s1. The smallest absolute Gasteiger partial charge is 0.338 e. The first-order valence-corrected chi connectivity index (χ1v) is 13.2. The van der Waals surface area contributed by atoms with Gasteiger partial charge in [-0.1, -0.05) is 36.4 Å². The molecule has 1 saturated heterocycles. The van der Waals surface area contributed by atoms with E-state index in [1.165, 1.54) is 7.11 Å². The molecule has 0 bridgehead atoms. The topological polar surface area (TPSA) is 107 Å². The fraction of sp³-hybridized carbons (Fsp3) is 0.440. The first-order valence-electron chi connectivity index (χ1n) is 11.5. The predicted molar refractivity (Wildman–Crippen MR) is 127 cm³/mol. The second kappa shape index (κ2) is 13.0. The number of methoxy groups -OCH3 is 1. The molecule has 9 nitrogen and oxygen atoms in total. The number of hydrogen-bond donors (Lipinski definition) is 0. The van der Waals surface area contributed by atoms with Gasteiger partial charge >= 0.3 is 19.5 Å². The molecule has 2 aromatic rings. The lowest BCUT2D eigenvalue weighted by atomic mass is 10.1. The summed E-state index contributed by atoms with van der Waals surface area (Å²) in [5, 5.41) is 0. The Bertz CT molecular complexity index is 989. The van der Waals surface area contributed by atoms with Crippen molar-refractivity contribution in [2.45, 2.75) is 44.9 Å². The maximum absolute atomic E-state index is 13.0. The highest BCUT2D eigenvalue weighted by atomic mass is 31.2. The van der Waals surface area contributed by atoms with Crippen LogP contribution in [0.1, 0.15) is 41.0 Å². The molecule has 1 unspecified atom stereocenters. The van der Waals surface area contributed by atoms with Crippen molar-refractivity contribution in [3.05, 3.63) is 71.8 Å². The van der Waals surface area contributed by atoms with Gasteiger partial charge in [0, 0.05) is 7.11 Å². The zero-order chi connectivity index (χ0) is 25.3. The summed E-state index contributed by atoms with van der Waals surface area (Å²) in [4.78, 5) is 25.7. The van der Waals surface area contributed by atoms with Crippen LogP contribution in [0.3, 0.4) is 0 Å². The van der Waals surface area contributed by atoms with Gasteiger partial charge in [0.15, 0.2) is 18.5 Å². The van der Waals surface area contributed by atoms with Crippen LogP contribution >= 0.6 is 7.60 Å². The summed E-state index contributed by atoms with van der Waals surface area (Å²) < 4.78 is 46.6. The lowest BCUT2D eigenvalue weighted by molar-refractivity contribution is -0.150. The summed E-state index contributed by atoms with van der Waals surface area (Å²) in [6.07, 6.45) is -3.67. The van der Waals surface area contributed by atoms with Gasteiger partial charge < -0.3 is 28.0 Å². The van der Waals surface area contributed by atoms with Gasteiger partial charge in [-0.2, -0.15) is 0 Å². The lowest BCUT2D eigenvalue weighted by Gasteiger charge is -2.25. The van der Waals surface area contributed by atoms with Crippen molar-refractivity contribution in [1.82, 2.24) is 0 Å². The van der Waals surface area contributed by atoms with E-state index in [-0.39, 0.29) is 25.8 Å². The molecule has 0 aromatic heterocycles. The Labute approximate surface area is 205 Å². The first kappa shape index (κ1) is 27.0. The highest BCUT2D eigenvalue weighted by molar-refractivity contribution is 7.53. The van der Waals surface area contributed by atoms with Crippen LogP contribution < -0.4 is 0 Å². The summed E-state index contributed by atoms with van der Waals surface area (Å²) in [5.74, 6) is -1.23. The molecule has 0 radical (unpaired) electrons. The van der Waals surface area contributed by atoms with Gasteiger partial charge in [-0.05, 0) is 44.5 Å². The van der Waals surface area contributed by atoms with Crippen LogP contribution in [0.5, 0.6) is 0 Å². The molecule has 0 spiro atoms. The van der Waals surface area contributed by atoms with Gasteiger partial charge in [0.2, 0.25) is 0 Å². The average molecular weight is 506 g/mol. The summed E-state index contributed by atoms with van der Waals surface area (Å²) >= 11 is 0. The van der Waals surface area contributed by atoms with Crippen LogP contribution in [-0.2, 0) is 32.6 Å². The van der Waals surface area contributed by atoms with E-state index in [4.69, 9.17) is 28.0 Å². The Hall–Kier alpha value is -2.55. The maximum atomic E-state index is 13.0. The van der Waals surface area contributed by atoms with Crippen LogP contribution in [-0.4, -0.2) is 63.0 Å². The third-order valence-electron chi connectivity index (χ3n) is 5.34. The van der Waals surface area contributed by atoms with Crippen molar-refractivity contribution in [1.29, 1.82) is 0 Å². The van der Waals surface area contributed by atoms with E-state index in [0.29, 0.717) is 11.1 Å². The number of esters is 2. The SMILES string of the molecule is CCOP(=O)(CC[C@H]1OC(OC)[C@H](OC(=O)c2ccccc2)[C@@H]1OC(=O)c1ccccc1)OCC. The highest BCUT2D eigenvalue weighted by Gasteiger charge is 2.50. The lowest BCUT2D eigenvalue weighted by Crippen LogP contribution is -2.41. The number of hydrogen-bond acceptors (Lipinski definition) is 9. The maximum Gasteiger partial charge on any atom is 0.338 e. The monoisotopic (exact) mass is 506 g/mol. The van der Waals surface area contributed by atoms with Crippen LogP contribution in [0.15, 0.2) is 60.7 Å². The largest absolute Gasteiger partial charge is 0.452 e. The minimum absolute atomic E-state index is 0.0223. The van der Waals surface area contributed by atoms with Gasteiger partial charge in [-0.3, -0.25) is 4.57 Å². The zero-order valence-corrected chi connectivity index (χ0v) is 20.9. The Kier molecular flexibility index (Phi) is 10.0. The molecule has 190 valence electrons. The Balaban J connectivity index is 1.84. The van der Waals surface area contributed by atoms with E-state index >= 15 is 0 Å². The molecule has 0 amide bonds. The fourth-order valence-corrected chi connectivity index (χ4v) is 5.45. The Morgan fingerprint density at radius 3 is 1.77 bits per heavy atom. The summed E-state index contributed by atoms with van der Waals surface area (Å²) in [7, 11) is -1.98. The van der Waals surface area contributed by atoms with Crippen molar-refractivity contribution in [3.8, 4) is 0 Å². The van der Waals surface area contributed by atoms with E-state index in [9.17, 15) is 14.2 Å². The Morgan fingerprint density at radius 1 is 0.829 bits per heavy atom. The number of carbonyl (C=O) groups is 2. The normalized spacial score (nSPS) is 22.0. The molecule has 10 heteroatoms. The molecule has 1 aliphatic rings. The summed E-state index contributed by atoms with van der Waals surface area (Å²) in [6.45, 7) is 3.88. The van der Waals surface area contributed by atoms with Gasteiger partial charge in [0.1, 0.15) is 6.10 Å². The van der Waals surface area contributed by atoms with Crippen LogP contribution in [0.2, 0.25) is 0 Å². The first-order chi connectivity index (χ1) is 16.9. The molecule has 2 aromatic carbocycles. The van der Waals surface area contributed by atoms with E-state index in [1.54, 1.807) is 74.5 Å². The highest BCUT2D eigenvalue weighted by Crippen LogP contribution is 2.49. The van der Waals surface area contributed by atoms with Crippen molar-refractivity contribution < 1.29 is 42.1 Å². The molecule has 1 fully saturated rings.